The second kappa shape index (κ2) is 5.73. The molecule has 1 aliphatic heterocycles. The molecule has 1 aromatic carbocycles. The number of piperidine rings is 1. The number of carbonyl (C=O) groups excluding carboxylic acids is 2. The van der Waals surface area contributed by atoms with Crippen LogP contribution in [0.15, 0.2) is 24.3 Å². The molecule has 1 aliphatic rings. The van der Waals surface area contributed by atoms with Crippen LogP contribution in [0.1, 0.15) is 23.2 Å². The van der Waals surface area contributed by atoms with Crippen molar-refractivity contribution in [1.82, 2.24) is 4.90 Å². The number of amides is 2. The summed E-state index contributed by atoms with van der Waals surface area (Å²) in [5.41, 5.74) is 6.77. The maximum atomic E-state index is 12.5. The molecule has 0 radical (unpaired) electrons. The molecule has 2 rings (SSSR count). The van der Waals surface area contributed by atoms with Crippen molar-refractivity contribution < 1.29 is 9.59 Å². The van der Waals surface area contributed by atoms with E-state index in [1.165, 1.54) is 0 Å². The number of nitrogens with two attached hydrogens (primary N) is 1. The van der Waals surface area contributed by atoms with E-state index in [-0.39, 0.29) is 17.7 Å². The smallest absolute Gasteiger partial charge is 0.255 e. The second-order valence-electron chi connectivity index (χ2n) is 4.79. The molecule has 1 unspecified atom stereocenters. The number of benzene rings is 1. The minimum Gasteiger partial charge on any atom is -0.387 e. The Morgan fingerprint density at radius 3 is 2.79 bits per heavy atom. The number of hydrogen-bond donors (Lipinski definition) is 2. The van der Waals surface area contributed by atoms with Crippen LogP contribution in [0.2, 0.25) is 0 Å². The highest BCUT2D eigenvalue weighted by Crippen LogP contribution is 2.21. The van der Waals surface area contributed by atoms with E-state index >= 15 is 0 Å². The Morgan fingerprint density at radius 2 is 2.11 bits per heavy atom. The lowest BCUT2D eigenvalue weighted by Crippen LogP contribution is -2.44. The van der Waals surface area contributed by atoms with Crippen molar-refractivity contribution in [2.75, 3.05) is 25.5 Å². The molecule has 1 aromatic rings. The standard InChI is InChI=1S/C14H19N3O2/c1-16-12-7-3-2-6-11(12)14(19)17-8-4-5-10(9-17)13(15)18/h2-3,6-7,10,16H,4-5,8-9H2,1H3,(H2,15,18). The summed E-state index contributed by atoms with van der Waals surface area (Å²) in [6.45, 7) is 1.10. The first kappa shape index (κ1) is 13.4. The SMILES string of the molecule is CNc1ccccc1C(=O)N1CCCC(C(N)=O)C1. The number of hydrogen-bond acceptors (Lipinski definition) is 3. The van der Waals surface area contributed by atoms with Crippen molar-refractivity contribution >= 4 is 17.5 Å². The third-order valence-electron chi connectivity index (χ3n) is 3.54. The predicted octanol–water partition coefficient (Wildman–Crippen LogP) is 1.07. The average molecular weight is 261 g/mol. The molecule has 0 spiro atoms. The van der Waals surface area contributed by atoms with Gasteiger partial charge >= 0.3 is 0 Å². The number of nitrogens with one attached hydrogen (secondary N) is 1. The monoisotopic (exact) mass is 261 g/mol. The molecular weight excluding hydrogens is 242 g/mol. The van der Waals surface area contributed by atoms with Gasteiger partial charge in [0, 0.05) is 25.8 Å². The molecule has 0 aromatic heterocycles. The Bertz CT molecular complexity index is 487. The summed E-state index contributed by atoms with van der Waals surface area (Å²) < 4.78 is 0. The van der Waals surface area contributed by atoms with Gasteiger partial charge < -0.3 is 16.0 Å². The first-order valence-electron chi connectivity index (χ1n) is 6.49. The van der Waals surface area contributed by atoms with E-state index in [9.17, 15) is 9.59 Å². The third-order valence-corrected chi connectivity index (χ3v) is 3.54. The molecule has 1 saturated heterocycles. The number of likely N-dealkylation sites (tertiary alicyclic amines) is 1. The summed E-state index contributed by atoms with van der Waals surface area (Å²) in [5.74, 6) is -0.588. The highest BCUT2D eigenvalue weighted by Gasteiger charge is 2.28. The fourth-order valence-corrected chi connectivity index (χ4v) is 2.45. The van der Waals surface area contributed by atoms with Crippen molar-refractivity contribution in [2.24, 2.45) is 11.7 Å². The van der Waals surface area contributed by atoms with Gasteiger partial charge in [-0.1, -0.05) is 12.1 Å². The van der Waals surface area contributed by atoms with Crippen LogP contribution in [0.5, 0.6) is 0 Å². The van der Waals surface area contributed by atoms with E-state index in [0.29, 0.717) is 18.7 Å². The van der Waals surface area contributed by atoms with Crippen molar-refractivity contribution in [3.05, 3.63) is 29.8 Å². The average Bonchev–Trinajstić information content (AvgIpc) is 2.46. The van der Waals surface area contributed by atoms with Gasteiger partial charge in [-0.25, -0.2) is 0 Å². The van der Waals surface area contributed by atoms with E-state index < -0.39 is 0 Å². The van der Waals surface area contributed by atoms with Gasteiger partial charge in [0.25, 0.3) is 5.91 Å². The molecule has 0 bridgehead atoms. The Morgan fingerprint density at radius 1 is 1.37 bits per heavy atom. The van der Waals surface area contributed by atoms with Gasteiger partial charge in [0.2, 0.25) is 5.91 Å². The van der Waals surface area contributed by atoms with Gasteiger partial charge in [0.15, 0.2) is 0 Å². The van der Waals surface area contributed by atoms with Crippen LogP contribution >= 0.6 is 0 Å². The molecule has 2 amide bonds. The molecule has 5 heteroatoms. The second-order valence-corrected chi connectivity index (χ2v) is 4.79. The van der Waals surface area contributed by atoms with Gasteiger partial charge in [-0.15, -0.1) is 0 Å². The van der Waals surface area contributed by atoms with Gasteiger partial charge in [0.1, 0.15) is 0 Å². The topological polar surface area (TPSA) is 75.4 Å². The van der Waals surface area contributed by atoms with Crippen LogP contribution in [0.25, 0.3) is 0 Å². The fourth-order valence-electron chi connectivity index (χ4n) is 2.45. The lowest BCUT2D eigenvalue weighted by atomic mass is 9.96. The summed E-state index contributed by atoms with van der Waals surface area (Å²) in [6.07, 6.45) is 1.59. The number of rotatable bonds is 3. The van der Waals surface area contributed by atoms with E-state index in [1.54, 1.807) is 18.0 Å². The first-order valence-corrected chi connectivity index (χ1v) is 6.49. The number of para-hydroxylation sites is 1. The maximum absolute atomic E-state index is 12.5. The molecule has 1 fully saturated rings. The zero-order valence-electron chi connectivity index (χ0n) is 11.1. The number of primary amides is 1. The minimum atomic E-state index is -0.320. The van der Waals surface area contributed by atoms with E-state index in [2.05, 4.69) is 5.32 Å². The molecule has 5 nitrogen and oxygen atoms in total. The quantitative estimate of drug-likeness (QED) is 0.854. The summed E-state index contributed by atoms with van der Waals surface area (Å²) >= 11 is 0. The third kappa shape index (κ3) is 2.86. The maximum Gasteiger partial charge on any atom is 0.255 e. The van der Waals surface area contributed by atoms with Gasteiger partial charge in [-0.05, 0) is 25.0 Å². The Hall–Kier alpha value is -2.04. The predicted molar refractivity (Wildman–Crippen MR) is 73.8 cm³/mol. The van der Waals surface area contributed by atoms with Crippen molar-refractivity contribution in [3.8, 4) is 0 Å². The van der Waals surface area contributed by atoms with Crippen molar-refractivity contribution in [3.63, 3.8) is 0 Å². The van der Waals surface area contributed by atoms with E-state index in [4.69, 9.17) is 5.73 Å². The number of anilines is 1. The zero-order valence-corrected chi connectivity index (χ0v) is 11.1. The van der Waals surface area contributed by atoms with Crippen molar-refractivity contribution in [1.29, 1.82) is 0 Å². The summed E-state index contributed by atoms with van der Waals surface area (Å²) in [7, 11) is 1.79. The zero-order chi connectivity index (χ0) is 13.8. The Kier molecular flexibility index (Phi) is 4.04. The molecule has 1 heterocycles. The molecule has 0 aliphatic carbocycles. The minimum absolute atomic E-state index is 0.0455. The number of nitrogens with zero attached hydrogens (tertiary/aromatic N) is 1. The molecule has 102 valence electrons. The Labute approximate surface area is 112 Å². The highest BCUT2D eigenvalue weighted by molar-refractivity contribution is 5.99. The lowest BCUT2D eigenvalue weighted by Gasteiger charge is -2.31. The van der Waals surface area contributed by atoms with Crippen LogP contribution in [-0.2, 0) is 4.79 Å². The summed E-state index contributed by atoms with van der Waals surface area (Å²) in [4.78, 5) is 25.5. The molecular formula is C14H19N3O2. The lowest BCUT2D eigenvalue weighted by molar-refractivity contribution is -0.123. The van der Waals surface area contributed by atoms with Crippen molar-refractivity contribution in [2.45, 2.75) is 12.8 Å². The van der Waals surface area contributed by atoms with Crippen LogP contribution in [0, 0.1) is 5.92 Å². The van der Waals surface area contributed by atoms with Gasteiger partial charge in [0.05, 0.1) is 11.5 Å². The van der Waals surface area contributed by atoms with Crippen LogP contribution in [-0.4, -0.2) is 36.9 Å². The molecule has 0 saturated carbocycles. The molecule has 3 N–H and O–H groups in total. The van der Waals surface area contributed by atoms with E-state index in [1.807, 2.05) is 18.2 Å². The normalized spacial score (nSPS) is 19.0. The van der Waals surface area contributed by atoms with Crippen LogP contribution < -0.4 is 11.1 Å². The molecule has 1 atom stereocenters. The molecule has 19 heavy (non-hydrogen) atoms. The fraction of sp³-hybridized carbons (Fsp3) is 0.429. The summed E-state index contributed by atoms with van der Waals surface area (Å²) in [6, 6.07) is 7.37. The van der Waals surface area contributed by atoms with Crippen LogP contribution in [0.4, 0.5) is 5.69 Å². The highest BCUT2D eigenvalue weighted by atomic mass is 16.2. The van der Waals surface area contributed by atoms with Gasteiger partial charge in [-0.3, -0.25) is 9.59 Å². The van der Waals surface area contributed by atoms with E-state index in [0.717, 1.165) is 18.5 Å². The number of carbonyl (C=O) groups is 2. The Balaban J connectivity index is 2.17. The van der Waals surface area contributed by atoms with Gasteiger partial charge in [-0.2, -0.15) is 0 Å². The summed E-state index contributed by atoms with van der Waals surface area (Å²) in [5, 5.41) is 3.01. The first-order chi connectivity index (χ1) is 9.13. The largest absolute Gasteiger partial charge is 0.387 e. The van der Waals surface area contributed by atoms with Crippen LogP contribution in [0.3, 0.4) is 0 Å².